The van der Waals surface area contributed by atoms with E-state index in [1.807, 2.05) is 6.92 Å². The number of piperazine rings is 1. The number of fused-ring (bicyclic) bond motifs is 1. The second-order valence-corrected chi connectivity index (χ2v) is 8.34. The lowest BCUT2D eigenvalue weighted by atomic mass is 10.2. The molecule has 1 N–H and O–H groups in total. The van der Waals surface area contributed by atoms with E-state index >= 15 is 0 Å². The van der Waals surface area contributed by atoms with Crippen molar-refractivity contribution in [2.24, 2.45) is 0 Å². The molecular formula is C18H19N5O3S. The number of carbonyl (C=O) groups excluding carboxylic acids is 1. The van der Waals surface area contributed by atoms with Crippen molar-refractivity contribution < 1.29 is 13.2 Å². The van der Waals surface area contributed by atoms with Gasteiger partial charge in [-0.2, -0.15) is 4.31 Å². The molecule has 1 atom stereocenters. The van der Waals surface area contributed by atoms with Gasteiger partial charge >= 0.3 is 0 Å². The van der Waals surface area contributed by atoms with E-state index in [9.17, 15) is 13.2 Å². The van der Waals surface area contributed by atoms with Crippen LogP contribution in [0.1, 0.15) is 17.4 Å². The number of aromatic nitrogens is 3. The van der Waals surface area contributed by atoms with Gasteiger partial charge in [-0.15, -0.1) is 0 Å². The standard InChI is InChI=1S/C18H19N5O3S/c1-13-12-22(18(24)15-6-2-3-7-19-15)9-10-23(13)27(25,26)16-11-21-17-14(16)5-4-8-20-17/h2-8,11,13H,9-10,12H2,1H3,(H,20,21)/t13-/m1/s1. The number of nitrogens with zero attached hydrogens (tertiary/aromatic N) is 4. The van der Waals surface area contributed by atoms with Gasteiger partial charge in [0.1, 0.15) is 16.2 Å². The highest BCUT2D eigenvalue weighted by Crippen LogP contribution is 2.27. The minimum Gasteiger partial charge on any atom is -0.345 e. The first kappa shape index (κ1) is 17.6. The van der Waals surface area contributed by atoms with Crippen LogP contribution in [0.15, 0.2) is 53.8 Å². The molecule has 140 valence electrons. The van der Waals surface area contributed by atoms with Crippen LogP contribution >= 0.6 is 0 Å². The van der Waals surface area contributed by atoms with Gasteiger partial charge in [-0.3, -0.25) is 9.78 Å². The number of hydrogen-bond donors (Lipinski definition) is 1. The Morgan fingerprint density at radius 1 is 1.15 bits per heavy atom. The molecule has 27 heavy (non-hydrogen) atoms. The zero-order valence-corrected chi connectivity index (χ0v) is 15.6. The van der Waals surface area contributed by atoms with Gasteiger partial charge in [0.2, 0.25) is 10.0 Å². The summed E-state index contributed by atoms with van der Waals surface area (Å²) in [7, 11) is -3.70. The Labute approximate surface area is 156 Å². The molecule has 1 saturated heterocycles. The van der Waals surface area contributed by atoms with Crippen LogP contribution < -0.4 is 0 Å². The molecule has 1 aliphatic rings. The van der Waals surface area contributed by atoms with Gasteiger partial charge in [0, 0.05) is 49.7 Å². The van der Waals surface area contributed by atoms with E-state index in [4.69, 9.17) is 0 Å². The maximum Gasteiger partial charge on any atom is 0.272 e. The van der Waals surface area contributed by atoms with E-state index < -0.39 is 10.0 Å². The third-order valence-corrected chi connectivity index (χ3v) is 6.79. The second kappa shape index (κ2) is 6.75. The molecule has 1 aliphatic heterocycles. The first-order chi connectivity index (χ1) is 13.0. The van der Waals surface area contributed by atoms with Crippen molar-refractivity contribution in [3.05, 3.63) is 54.6 Å². The van der Waals surface area contributed by atoms with E-state index in [0.29, 0.717) is 29.8 Å². The predicted octanol–water partition coefficient (Wildman–Crippen LogP) is 1.49. The summed E-state index contributed by atoms with van der Waals surface area (Å²) in [5, 5.41) is 0.566. The summed E-state index contributed by atoms with van der Waals surface area (Å²) in [6.45, 7) is 2.67. The summed E-state index contributed by atoms with van der Waals surface area (Å²) >= 11 is 0. The number of hydrogen-bond acceptors (Lipinski definition) is 5. The van der Waals surface area contributed by atoms with Crippen LogP contribution in [-0.4, -0.2) is 64.2 Å². The first-order valence-corrected chi connectivity index (χ1v) is 10.1. The number of pyridine rings is 2. The summed E-state index contributed by atoms with van der Waals surface area (Å²) in [6.07, 6.45) is 4.66. The van der Waals surface area contributed by atoms with Gasteiger partial charge in [0.25, 0.3) is 5.91 Å². The van der Waals surface area contributed by atoms with E-state index in [1.165, 1.54) is 10.5 Å². The largest absolute Gasteiger partial charge is 0.345 e. The van der Waals surface area contributed by atoms with Gasteiger partial charge in [0.15, 0.2) is 0 Å². The summed E-state index contributed by atoms with van der Waals surface area (Å²) in [5.41, 5.74) is 0.899. The normalized spacial score (nSPS) is 18.7. The topological polar surface area (TPSA) is 99.3 Å². The third-order valence-electron chi connectivity index (χ3n) is 4.74. The Morgan fingerprint density at radius 2 is 1.96 bits per heavy atom. The Bertz CT molecular complexity index is 1080. The average molecular weight is 385 g/mol. The minimum atomic E-state index is -3.70. The number of rotatable bonds is 3. The van der Waals surface area contributed by atoms with Crippen molar-refractivity contribution in [3.63, 3.8) is 0 Å². The van der Waals surface area contributed by atoms with Crippen LogP contribution in [0.5, 0.6) is 0 Å². The highest BCUT2D eigenvalue weighted by Gasteiger charge is 2.36. The maximum atomic E-state index is 13.2. The van der Waals surface area contributed by atoms with Crippen LogP contribution in [0.2, 0.25) is 0 Å². The zero-order valence-electron chi connectivity index (χ0n) is 14.7. The average Bonchev–Trinajstić information content (AvgIpc) is 3.13. The van der Waals surface area contributed by atoms with Crippen LogP contribution in [0, 0.1) is 0 Å². The fourth-order valence-corrected chi connectivity index (χ4v) is 5.17. The molecule has 4 heterocycles. The highest BCUT2D eigenvalue weighted by molar-refractivity contribution is 7.89. The molecule has 0 saturated carbocycles. The van der Waals surface area contributed by atoms with Crippen molar-refractivity contribution >= 4 is 27.0 Å². The fourth-order valence-electron chi connectivity index (χ4n) is 3.40. The van der Waals surface area contributed by atoms with Crippen molar-refractivity contribution in [1.29, 1.82) is 0 Å². The SMILES string of the molecule is C[C@@H]1CN(C(=O)c2ccccn2)CCN1S(=O)(=O)c1c[nH]c2ncccc12. The Balaban J connectivity index is 1.57. The lowest BCUT2D eigenvalue weighted by Gasteiger charge is -2.38. The zero-order chi connectivity index (χ0) is 19.0. The Morgan fingerprint density at radius 3 is 2.70 bits per heavy atom. The molecule has 4 rings (SSSR count). The molecule has 0 aliphatic carbocycles. The number of carbonyl (C=O) groups is 1. The van der Waals surface area contributed by atoms with E-state index in [2.05, 4.69) is 15.0 Å². The van der Waals surface area contributed by atoms with Gasteiger partial charge in [-0.25, -0.2) is 13.4 Å². The van der Waals surface area contributed by atoms with E-state index in [0.717, 1.165) is 0 Å². The number of aromatic amines is 1. The Kier molecular flexibility index (Phi) is 4.40. The monoisotopic (exact) mass is 385 g/mol. The summed E-state index contributed by atoms with van der Waals surface area (Å²) in [4.78, 5) is 25.6. The van der Waals surface area contributed by atoms with E-state index in [-0.39, 0.29) is 23.4 Å². The number of sulfonamides is 1. The molecule has 1 fully saturated rings. The van der Waals surface area contributed by atoms with Crippen LogP contribution in [0.4, 0.5) is 0 Å². The molecule has 3 aromatic heterocycles. The molecule has 1 amide bonds. The number of amides is 1. The van der Waals surface area contributed by atoms with E-state index in [1.54, 1.807) is 47.6 Å². The van der Waals surface area contributed by atoms with Crippen molar-refractivity contribution in [3.8, 4) is 0 Å². The lowest BCUT2D eigenvalue weighted by Crippen LogP contribution is -2.55. The second-order valence-electron chi connectivity index (χ2n) is 6.48. The molecule has 0 aromatic carbocycles. The smallest absolute Gasteiger partial charge is 0.272 e. The molecule has 8 nitrogen and oxygen atoms in total. The first-order valence-electron chi connectivity index (χ1n) is 8.63. The third kappa shape index (κ3) is 3.08. The molecule has 9 heteroatoms. The molecule has 3 aromatic rings. The van der Waals surface area contributed by atoms with Crippen LogP contribution in [-0.2, 0) is 10.0 Å². The van der Waals surface area contributed by atoms with Gasteiger partial charge < -0.3 is 9.88 Å². The van der Waals surface area contributed by atoms with Gasteiger partial charge in [0.05, 0.1) is 0 Å². The summed E-state index contributed by atoms with van der Waals surface area (Å²) in [6, 6.07) is 8.27. The Hall–Kier alpha value is -2.78. The van der Waals surface area contributed by atoms with Gasteiger partial charge in [-0.1, -0.05) is 6.07 Å². The lowest BCUT2D eigenvalue weighted by molar-refractivity contribution is 0.0636. The quantitative estimate of drug-likeness (QED) is 0.736. The maximum absolute atomic E-state index is 13.2. The van der Waals surface area contributed by atoms with Crippen molar-refractivity contribution in [2.75, 3.05) is 19.6 Å². The predicted molar refractivity (Wildman–Crippen MR) is 99.6 cm³/mol. The molecular weight excluding hydrogens is 366 g/mol. The van der Waals surface area contributed by atoms with Crippen LogP contribution in [0.25, 0.3) is 11.0 Å². The summed E-state index contributed by atoms with van der Waals surface area (Å²) in [5.74, 6) is -0.184. The molecule has 0 radical (unpaired) electrons. The van der Waals surface area contributed by atoms with Gasteiger partial charge in [-0.05, 0) is 31.2 Å². The molecule has 0 spiro atoms. The highest BCUT2D eigenvalue weighted by atomic mass is 32.2. The van der Waals surface area contributed by atoms with Crippen molar-refractivity contribution in [2.45, 2.75) is 17.9 Å². The van der Waals surface area contributed by atoms with Crippen molar-refractivity contribution in [1.82, 2.24) is 24.2 Å². The summed E-state index contributed by atoms with van der Waals surface area (Å²) < 4.78 is 27.8. The number of H-pyrrole nitrogens is 1. The molecule has 0 unspecified atom stereocenters. The number of nitrogens with one attached hydrogen (secondary N) is 1. The minimum absolute atomic E-state index is 0.184. The van der Waals surface area contributed by atoms with Crippen LogP contribution in [0.3, 0.4) is 0 Å². The molecule has 0 bridgehead atoms. The fraction of sp³-hybridized carbons (Fsp3) is 0.278.